The van der Waals surface area contributed by atoms with Crippen LogP contribution in [0.15, 0.2) is 71.1 Å². The Labute approximate surface area is 188 Å². The van der Waals surface area contributed by atoms with Crippen molar-refractivity contribution >= 4 is 5.91 Å². The molecule has 0 aliphatic carbocycles. The SMILES string of the molecule is Cc1nnc(-c2cc(-c3ccccc3C)ccc2C(=O)NCc2ccc(C(F)(F)F)cc2)o1. The topological polar surface area (TPSA) is 68.0 Å². The van der Waals surface area contributed by atoms with Gasteiger partial charge in [-0.2, -0.15) is 13.2 Å². The van der Waals surface area contributed by atoms with Gasteiger partial charge in [0.2, 0.25) is 11.8 Å². The highest BCUT2D eigenvalue weighted by atomic mass is 19.4. The number of halogens is 3. The summed E-state index contributed by atoms with van der Waals surface area (Å²) in [6.07, 6.45) is -4.41. The second kappa shape index (κ2) is 8.90. The zero-order valence-electron chi connectivity index (χ0n) is 17.9. The highest BCUT2D eigenvalue weighted by Crippen LogP contribution is 2.31. The fourth-order valence-electron chi connectivity index (χ4n) is 3.48. The van der Waals surface area contributed by atoms with Crippen LogP contribution < -0.4 is 5.32 Å². The summed E-state index contributed by atoms with van der Waals surface area (Å²) in [5.41, 5.74) is 3.57. The molecule has 1 aromatic heterocycles. The highest BCUT2D eigenvalue weighted by molar-refractivity contribution is 6.01. The average molecular weight is 451 g/mol. The van der Waals surface area contributed by atoms with E-state index in [0.29, 0.717) is 22.6 Å². The molecule has 0 radical (unpaired) electrons. The molecule has 168 valence electrons. The predicted octanol–water partition coefficient (Wildman–Crippen LogP) is 5.97. The van der Waals surface area contributed by atoms with Gasteiger partial charge < -0.3 is 9.73 Å². The molecule has 0 aliphatic heterocycles. The minimum absolute atomic E-state index is 0.0683. The Balaban J connectivity index is 1.62. The molecule has 5 nitrogen and oxygen atoms in total. The number of amides is 1. The van der Waals surface area contributed by atoms with Crippen LogP contribution in [0.4, 0.5) is 13.2 Å². The van der Waals surface area contributed by atoms with E-state index in [1.54, 1.807) is 13.0 Å². The third-order valence-electron chi connectivity index (χ3n) is 5.21. The lowest BCUT2D eigenvalue weighted by atomic mass is 9.96. The molecule has 0 bridgehead atoms. The van der Waals surface area contributed by atoms with E-state index in [-0.39, 0.29) is 12.4 Å². The Bertz CT molecular complexity index is 1300. The number of carbonyl (C=O) groups excluding carboxylic acids is 1. The summed E-state index contributed by atoms with van der Waals surface area (Å²) in [6, 6.07) is 17.9. The van der Waals surface area contributed by atoms with E-state index in [0.717, 1.165) is 28.8 Å². The zero-order chi connectivity index (χ0) is 23.6. The number of alkyl halides is 3. The van der Waals surface area contributed by atoms with Crippen molar-refractivity contribution < 1.29 is 22.4 Å². The van der Waals surface area contributed by atoms with Crippen LogP contribution in [0.25, 0.3) is 22.6 Å². The first-order valence-electron chi connectivity index (χ1n) is 10.2. The van der Waals surface area contributed by atoms with Crippen LogP contribution in [0.2, 0.25) is 0 Å². The monoisotopic (exact) mass is 451 g/mol. The molecule has 0 unspecified atom stereocenters. The van der Waals surface area contributed by atoms with Gasteiger partial charge >= 0.3 is 6.18 Å². The summed E-state index contributed by atoms with van der Waals surface area (Å²) >= 11 is 0. The minimum atomic E-state index is -4.41. The van der Waals surface area contributed by atoms with Crippen LogP contribution in [0.3, 0.4) is 0 Å². The van der Waals surface area contributed by atoms with Gasteiger partial charge in [-0.1, -0.05) is 42.5 Å². The van der Waals surface area contributed by atoms with Gasteiger partial charge in [0.15, 0.2) is 0 Å². The third kappa shape index (κ3) is 4.95. The van der Waals surface area contributed by atoms with Crippen LogP contribution in [0.1, 0.15) is 32.9 Å². The molecule has 1 amide bonds. The molecule has 1 heterocycles. The first-order valence-corrected chi connectivity index (χ1v) is 10.2. The van der Waals surface area contributed by atoms with Crippen LogP contribution in [0.5, 0.6) is 0 Å². The smallest absolute Gasteiger partial charge is 0.416 e. The number of hydrogen-bond acceptors (Lipinski definition) is 4. The van der Waals surface area contributed by atoms with Crippen molar-refractivity contribution in [1.29, 1.82) is 0 Å². The third-order valence-corrected chi connectivity index (χ3v) is 5.21. The molecule has 8 heteroatoms. The number of aromatic nitrogens is 2. The highest BCUT2D eigenvalue weighted by Gasteiger charge is 2.30. The minimum Gasteiger partial charge on any atom is -0.421 e. The van der Waals surface area contributed by atoms with Crippen LogP contribution >= 0.6 is 0 Å². The molecule has 4 aromatic rings. The summed E-state index contributed by atoms with van der Waals surface area (Å²) in [5.74, 6) is 0.169. The predicted molar refractivity (Wildman–Crippen MR) is 117 cm³/mol. The number of nitrogens with zero attached hydrogens (tertiary/aromatic N) is 2. The number of hydrogen-bond donors (Lipinski definition) is 1. The second-order valence-electron chi connectivity index (χ2n) is 7.58. The lowest BCUT2D eigenvalue weighted by Gasteiger charge is -2.12. The van der Waals surface area contributed by atoms with E-state index in [9.17, 15) is 18.0 Å². The van der Waals surface area contributed by atoms with Crippen molar-refractivity contribution in [3.05, 3.63) is 94.9 Å². The van der Waals surface area contributed by atoms with Gasteiger partial charge in [-0.25, -0.2) is 0 Å². The molecular formula is C25H20F3N3O2. The summed E-state index contributed by atoms with van der Waals surface area (Å²) < 4.78 is 43.8. The fraction of sp³-hybridized carbons (Fsp3) is 0.160. The van der Waals surface area contributed by atoms with Gasteiger partial charge in [-0.05, 0) is 53.4 Å². The molecule has 4 rings (SSSR count). The molecular weight excluding hydrogens is 431 g/mol. The molecule has 0 saturated heterocycles. The van der Waals surface area contributed by atoms with Crippen molar-refractivity contribution in [2.24, 2.45) is 0 Å². The van der Waals surface area contributed by atoms with Crippen molar-refractivity contribution in [2.45, 2.75) is 26.6 Å². The van der Waals surface area contributed by atoms with Crippen molar-refractivity contribution in [1.82, 2.24) is 15.5 Å². The summed E-state index contributed by atoms with van der Waals surface area (Å²) in [4.78, 5) is 13.0. The van der Waals surface area contributed by atoms with E-state index in [1.165, 1.54) is 12.1 Å². The van der Waals surface area contributed by atoms with Gasteiger partial charge in [0.05, 0.1) is 16.7 Å². The first kappa shape index (κ1) is 22.3. The number of benzene rings is 3. The number of carbonyl (C=O) groups is 1. The number of rotatable bonds is 5. The second-order valence-corrected chi connectivity index (χ2v) is 7.58. The summed E-state index contributed by atoms with van der Waals surface area (Å²) in [6.45, 7) is 3.72. The Kier molecular flexibility index (Phi) is 6.00. The van der Waals surface area contributed by atoms with E-state index in [2.05, 4.69) is 15.5 Å². The van der Waals surface area contributed by atoms with E-state index >= 15 is 0 Å². The van der Waals surface area contributed by atoms with E-state index in [1.807, 2.05) is 43.3 Å². The van der Waals surface area contributed by atoms with Gasteiger partial charge in [0, 0.05) is 13.5 Å². The summed E-state index contributed by atoms with van der Waals surface area (Å²) in [5, 5.41) is 10.7. The Hall–Kier alpha value is -3.94. The standard InChI is InChI=1S/C25H20F3N3O2/c1-15-5-3-4-6-20(15)18-9-12-21(22(13-18)24-31-30-16(2)33-24)23(32)29-14-17-7-10-19(11-8-17)25(26,27)28/h3-13H,14H2,1-2H3,(H,29,32). The summed E-state index contributed by atoms with van der Waals surface area (Å²) in [7, 11) is 0. The lowest BCUT2D eigenvalue weighted by Crippen LogP contribution is -2.23. The molecule has 1 N–H and O–H groups in total. The molecule has 3 aromatic carbocycles. The molecule has 0 saturated carbocycles. The fourth-order valence-corrected chi connectivity index (χ4v) is 3.48. The van der Waals surface area contributed by atoms with Gasteiger partial charge in [0.25, 0.3) is 5.91 Å². The largest absolute Gasteiger partial charge is 0.421 e. The Morgan fingerprint density at radius 1 is 0.939 bits per heavy atom. The first-order chi connectivity index (χ1) is 15.7. The average Bonchev–Trinajstić information content (AvgIpc) is 3.23. The van der Waals surface area contributed by atoms with Gasteiger partial charge in [-0.15, -0.1) is 10.2 Å². The Morgan fingerprint density at radius 2 is 1.67 bits per heavy atom. The molecule has 33 heavy (non-hydrogen) atoms. The quantitative estimate of drug-likeness (QED) is 0.406. The van der Waals surface area contributed by atoms with Crippen molar-refractivity contribution in [2.75, 3.05) is 0 Å². The normalized spacial score (nSPS) is 11.4. The van der Waals surface area contributed by atoms with Gasteiger partial charge in [0.1, 0.15) is 0 Å². The molecule has 0 atom stereocenters. The van der Waals surface area contributed by atoms with Crippen LogP contribution in [-0.2, 0) is 12.7 Å². The molecule has 0 spiro atoms. The zero-order valence-corrected chi connectivity index (χ0v) is 17.9. The number of nitrogens with one attached hydrogen (secondary N) is 1. The van der Waals surface area contributed by atoms with Crippen molar-refractivity contribution in [3.8, 4) is 22.6 Å². The lowest BCUT2D eigenvalue weighted by molar-refractivity contribution is -0.137. The maximum Gasteiger partial charge on any atom is 0.416 e. The van der Waals surface area contributed by atoms with Gasteiger partial charge in [-0.3, -0.25) is 4.79 Å². The molecule has 0 fully saturated rings. The van der Waals surface area contributed by atoms with Crippen LogP contribution in [-0.4, -0.2) is 16.1 Å². The Morgan fingerprint density at radius 3 is 2.30 bits per heavy atom. The number of aryl methyl sites for hydroxylation is 2. The van der Waals surface area contributed by atoms with Crippen LogP contribution in [0, 0.1) is 13.8 Å². The molecule has 0 aliphatic rings. The van der Waals surface area contributed by atoms with E-state index < -0.39 is 17.6 Å². The van der Waals surface area contributed by atoms with E-state index in [4.69, 9.17) is 4.42 Å². The maximum atomic E-state index is 13.0. The maximum absolute atomic E-state index is 13.0. The van der Waals surface area contributed by atoms with Crippen molar-refractivity contribution in [3.63, 3.8) is 0 Å².